The molecule has 2 atom stereocenters. The van der Waals surface area contributed by atoms with Crippen LogP contribution in [-0.2, 0) is 14.8 Å². The SMILES string of the molecule is CCC1CCCCN1C(=O)C(C)CS(=O)(=O)Nc1cccc(F)c1. The highest BCUT2D eigenvalue weighted by Gasteiger charge is 2.31. The quantitative estimate of drug-likeness (QED) is 0.852. The maximum Gasteiger partial charge on any atom is 0.233 e. The van der Waals surface area contributed by atoms with Crippen molar-refractivity contribution in [3.05, 3.63) is 30.1 Å². The lowest BCUT2D eigenvalue weighted by atomic mass is 9.98. The Morgan fingerprint density at radius 2 is 2.17 bits per heavy atom. The van der Waals surface area contributed by atoms with Gasteiger partial charge in [0.25, 0.3) is 0 Å². The third-order valence-electron chi connectivity index (χ3n) is 4.37. The zero-order valence-corrected chi connectivity index (χ0v) is 15.0. The van der Waals surface area contributed by atoms with Crippen molar-refractivity contribution in [2.45, 2.75) is 45.6 Å². The first-order chi connectivity index (χ1) is 11.3. The molecule has 2 rings (SSSR count). The smallest absolute Gasteiger partial charge is 0.233 e. The number of nitrogens with one attached hydrogen (secondary N) is 1. The van der Waals surface area contributed by atoms with E-state index in [1.165, 1.54) is 18.2 Å². The highest BCUT2D eigenvalue weighted by Crippen LogP contribution is 2.22. The average Bonchev–Trinajstić information content (AvgIpc) is 2.53. The Balaban J connectivity index is 2.01. The van der Waals surface area contributed by atoms with Crippen LogP contribution < -0.4 is 4.72 Å². The van der Waals surface area contributed by atoms with Gasteiger partial charge >= 0.3 is 0 Å². The summed E-state index contributed by atoms with van der Waals surface area (Å²) in [5.74, 6) is -1.58. The van der Waals surface area contributed by atoms with Crippen LogP contribution in [0.25, 0.3) is 0 Å². The second-order valence-electron chi connectivity index (χ2n) is 6.38. The molecule has 0 bridgehead atoms. The first-order valence-corrected chi connectivity index (χ1v) is 10.0. The third kappa shape index (κ3) is 4.93. The van der Waals surface area contributed by atoms with Gasteiger partial charge in [0.15, 0.2) is 0 Å². The summed E-state index contributed by atoms with van der Waals surface area (Å²) in [6.45, 7) is 4.37. The van der Waals surface area contributed by atoms with Crippen molar-refractivity contribution in [1.29, 1.82) is 0 Å². The molecular formula is C17H25FN2O3S. The molecule has 0 radical (unpaired) electrons. The Kier molecular flexibility index (Phi) is 6.21. The molecule has 1 aromatic carbocycles. The normalized spacial score (nSPS) is 19.8. The maximum absolute atomic E-state index is 13.2. The van der Waals surface area contributed by atoms with Crippen molar-refractivity contribution in [1.82, 2.24) is 4.90 Å². The Bertz CT molecular complexity index is 678. The van der Waals surface area contributed by atoms with Gasteiger partial charge in [-0.2, -0.15) is 0 Å². The third-order valence-corrected chi connectivity index (χ3v) is 5.86. The predicted octanol–water partition coefficient (Wildman–Crippen LogP) is 2.99. The molecule has 1 aliphatic heterocycles. The number of piperidine rings is 1. The van der Waals surface area contributed by atoms with Crippen LogP contribution in [0, 0.1) is 11.7 Å². The molecule has 1 fully saturated rings. The Morgan fingerprint density at radius 1 is 1.42 bits per heavy atom. The highest BCUT2D eigenvalue weighted by molar-refractivity contribution is 7.92. The zero-order valence-electron chi connectivity index (χ0n) is 14.2. The Morgan fingerprint density at radius 3 is 2.83 bits per heavy atom. The number of benzene rings is 1. The molecule has 0 aliphatic carbocycles. The van der Waals surface area contributed by atoms with Crippen LogP contribution in [0.3, 0.4) is 0 Å². The summed E-state index contributed by atoms with van der Waals surface area (Å²) in [5.41, 5.74) is 0.166. The number of carbonyl (C=O) groups excluding carboxylic acids is 1. The van der Waals surface area contributed by atoms with Gasteiger partial charge in [-0.1, -0.05) is 19.9 Å². The number of hydrogen-bond donors (Lipinski definition) is 1. The second kappa shape index (κ2) is 7.96. The number of sulfonamides is 1. The molecule has 1 heterocycles. The minimum Gasteiger partial charge on any atom is -0.339 e. The fraction of sp³-hybridized carbons (Fsp3) is 0.588. The van der Waals surface area contributed by atoms with Crippen LogP contribution in [0.2, 0.25) is 0 Å². The Hall–Kier alpha value is -1.63. The number of rotatable bonds is 6. The van der Waals surface area contributed by atoms with E-state index in [2.05, 4.69) is 4.72 Å². The topological polar surface area (TPSA) is 66.5 Å². The monoisotopic (exact) mass is 356 g/mol. The van der Waals surface area contributed by atoms with E-state index in [1.54, 1.807) is 6.92 Å². The van der Waals surface area contributed by atoms with Crippen molar-refractivity contribution < 1.29 is 17.6 Å². The lowest BCUT2D eigenvalue weighted by Gasteiger charge is -2.36. The van der Waals surface area contributed by atoms with E-state index in [4.69, 9.17) is 0 Å². The number of anilines is 1. The van der Waals surface area contributed by atoms with E-state index in [9.17, 15) is 17.6 Å². The number of nitrogens with zero attached hydrogens (tertiary/aromatic N) is 1. The molecule has 24 heavy (non-hydrogen) atoms. The molecule has 1 amide bonds. The predicted molar refractivity (Wildman–Crippen MR) is 92.6 cm³/mol. The largest absolute Gasteiger partial charge is 0.339 e. The zero-order chi connectivity index (χ0) is 17.7. The highest BCUT2D eigenvalue weighted by atomic mass is 32.2. The molecule has 0 aromatic heterocycles. The van der Waals surface area contributed by atoms with Crippen molar-refractivity contribution >= 4 is 21.6 Å². The molecule has 1 saturated heterocycles. The van der Waals surface area contributed by atoms with Gasteiger partial charge in [0.2, 0.25) is 15.9 Å². The van der Waals surface area contributed by atoms with Crippen molar-refractivity contribution in [2.24, 2.45) is 5.92 Å². The Labute approximate surface area is 143 Å². The van der Waals surface area contributed by atoms with E-state index in [1.807, 2.05) is 11.8 Å². The molecule has 5 nitrogen and oxygen atoms in total. The van der Waals surface area contributed by atoms with Gasteiger partial charge in [0.1, 0.15) is 5.82 Å². The van der Waals surface area contributed by atoms with Gasteiger partial charge in [-0.3, -0.25) is 9.52 Å². The number of hydrogen-bond acceptors (Lipinski definition) is 3. The molecule has 0 saturated carbocycles. The molecule has 134 valence electrons. The first kappa shape index (κ1) is 18.7. The van der Waals surface area contributed by atoms with Crippen LogP contribution in [0.1, 0.15) is 39.5 Å². The molecule has 0 spiro atoms. The lowest BCUT2D eigenvalue weighted by molar-refractivity contribution is -0.138. The molecule has 7 heteroatoms. The lowest BCUT2D eigenvalue weighted by Crippen LogP contribution is -2.47. The fourth-order valence-corrected chi connectivity index (χ4v) is 4.54. The van der Waals surface area contributed by atoms with Crippen LogP contribution in [0.5, 0.6) is 0 Å². The number of amides is 1. The second-order valence-corrected chi connectivity index (χ2v) is 8.15. The van der Waals surface area contributed by atoms with Crippen LogP contribution >= 0.6 is 0 Å². The van der Waals surface area contributed by atoms with Crippen molar-refractivity contribution in [3.8, 4) is 0 Å². The van der Waals surface area contributed by atoms with Gasteiger partial charge in [0, 0.05) is 12.6 Å². The van der Waals surface area contributed by atoms with Crippen LogP contribution in [0.15, 0.2) is 24.3 Å². The van der Waals surface area contributed by atoms with E-state index in [0.717, 1.165) is 31.7 Å². The number of halogens is 1. The summed E-state index contributed by atoms with van der Waals surface area (Å²) in [7, 11) is -3.72. The molecule has 1 N–H and O–H groups in total. The molecular weight excluding hydrogens is 331 g/mol. The summed E-state index contributed by atoms with van der Waals surface area (Å²) in [6, 6.07) is 5.46. The number of likely N-dealkylation sites (tertiary alicyclic amines) is 1. The summed E-state index contributed by atoms with van der Waals surface area (Å²) in [4.78, 5) is 14.5. The van der Waals surface area contributed by atoms with Gasteiger partial charge in [-0.25, -0.2) is 12.8 Å². The minimum atomic E-state index is -3.72. The summed E-state index contributed by atoms with van der Waals surface area (Å²) < 4.78 is 40.0. The molecule has 1 aliphatic rings. The van der Waals surface area contributed by atoms with Gasteiger partial charge in [-0.15, -0.1) is 0 Å². The van der Waals surface area contributed by atoms with Gasteiger partial charge in [0.05, 0.1) is 17.4 Å². The average molecular weight is 356 g/mol. The van der Waals surface area contributed by atoms with Crippen LogP contribution in [-0.4, -0.2) is 37.6 Å². The maximum atomic E-state index is 13.2. The summed E-state index contributed by atoms with van der Waals surface area (Å²) >= 11 is 0. The fourth-order valence-electron chi connectivity index (χ4n) is 3.17. The molecule has 2 unspecified atom stereocenters. The van der Waals surface area contributed by atoms with E-state index < -0.39 is 21.8 Å². The van der Waals surface area contributed by atoms with Gasteiger partial charge < -0.3 is 4.90 Å². The minimum absolute atomic E-state index is 0.119. The van der Waals surface area contributed by atoms with Crippen LogP contribution in [0.4, 0.5) is 10.1 Å². The van der Waals surface area contributed by atoms with E-state index >= 15 is 0 Å². The summed E-state index contributed by atoms with van der Waals surface area (Å²) in [6.07, 6.45) is 3.93. The first-order valence-electron chi connectivity index (χ1n) is 8.39. The van der Waals surface area contributed by atoms with Gasteiger partial charge in [-0.05, 0) is 43.9 Å². The van der Waals surface area contributed by atoms with Crippen molar-refractivity contribution in [2.75, 3.05) is 17.0 Å². The summed E-state index contributed by atoms with van der Waals surface area (Å²) in [5, 5.41) is 0. The van der Waals surface area contributed by atoms with Crippen molar-refractivity contribution in [3.63, 3.8) is 0 Å². The standard InChI is InChI=1S/C17H25FN2O3S/c1-3-16-9-4-5-10-20(16)17(21)13(2)12-24(22,23)19-15-8-6-7-14(18)11-15/h6-8,11,13,16,19H,3-5,9-10,12H2,1-2H3. The van der Waals surface area contributed by atoms with E-state index in [0.29, 0.717) is 6.54 Å². The number of carbonyl (C=O) groups is 1. The van der Waals surface area contributed by atoms with E-state index in [-0.39, 0.29) is 23.4 Å². The molecule has 1 aromatic rings.